The predicted octanol–water partition coefficient (Wildman–Crippen LogP) is 3.40. The smallest absolute Gasteiger partial charge is 0.415 e. The van der Waals surface area contributed by atoms with Crippen LogP contribution in [-0.4, -0.2) is 33.3 Å². The minimum Gasteiger partial charge on any atom is -0.488 e. The van der Waals surface area contributed by atoms with Crippen LogP contribution in [0.5, 0.6) is 5.75 Å². The number of benzene rings is 1. The lowest BCUT2D eigenvalue weighted by atomic mass is 10.2. The summed E-state index contributed by atoms with van der Waals surface area (Å²) in [6.07, 6.45) is -0.636. The first-order valence-electron chi connectivity index (χ1n) is 6.41. The summed E-state index contributed by atoms with van der Waals surface area (Å²) >= 11 is 6.11. The average molecular weight is 368 g/mol. The Morgan fingerprint density at radius 1 is 1.36 bits per heavy atom. The topological polar surface area (TPSA) is 72.9 Å². The second kappa shape index (κ2) is 5.79. The zero-order valence-corrected chi connectivity index (χ0v) is 14.5. The van der Waals surface area contributed by atoms with Crippen LogP contribution < -0.4 is 9.64 Å². The van der Waals surface area contributed by atoms with E-state index in [9.17, 15) is 13.2 Å². The molecule has 0 saturated carbocycles. The van der Waals surface area contributed by atoms with Gasteiger partial charge in [-0.3, -0.25) is 4.90 Å². The summed E-state index contributed by atoms with van der Waals surface area (Å²) < 4.78 is 33.9. The van der Waals surface area contributed by atoms with Crippen LogP contribution in [0.4, 0.5) is 10.5 Å². The van der Waals surface area contributed by atoms with E-state index in [4.69, 9.17) is 31.8 Å². The van der Waals surface area contributed by atoms with E-state index in [-0.39, 0.29) is 34.5 Å². The highest BCUT2D eigenvalue weighted by atomic mass is 35.7. The second-order valence-corrected chi connectivity index (χ2v) is 8.58. The molecule has 1 heterocycles. The molecule has 0 radical (unpaired) electrons. The van der Waals surface area contributed by atoms with Gasteiger partial charge >= 0.3 is 6.09 Å². The van der Waals surface area contributed by atoms with Crippen molar-refractivity contribution in [2.75, 3.05) is 18.1 Å². The number of hydrogen-bond acceptors (Lipinski definition) is 5. The van der Waals surface area contributed by atoms with E-state index in [0.29, 0.717) is 0 Å². The first-order chi connectivity index (χ1) is 10.0. The zero-order valence-electron chi connectivity index (χ0n) is 12.2. The van der Waals surface area contributed by atoms with Gasteiger partial charge in [0.25, 0.3) is 9.05 Å². The van der Waals surface area contributed by atoms with Crippen molar-refractivity contribution < 1.29 is 22.7 Å². The maximum Gasteiger partial charge on any atom is 0.415 e. The second-order valence-electron chi connectivity index (χ2n) is 5.64. The van der Waals surface area contributed by atoms with Crippen molar-refractivity contribution >= 4 is 43.1 Å². The molecule has 22 heavy (non-hydrogen) atoms. The highest BCUT2D eigenvalue weighted by Crippen LogP contribution is 2.44. The van der Waals surface area contributed by atoms with Gasteiger partial charge in [-0.25, -0.2) is 13.2 Å². The summed E-state index contributed by atoms with van der Waals surface area (Å²) in [5.41, 5.74) is -0.554. The van der Waals surface area contributed by atoms with Crippen LogP contribution in [0.3, 0.4) is 0 Å². The minimum atomic E-state index is -4.04. The molecule has 0 aromatic heterocycles. The number of hydrogen-bond donors (Lipinski definition) is 0. The highest BCUT2D eigenvalue weighted by Gasteiger charge is 2.33. The van der Waals surface area contributed by atoms with Gasteiger partial charge in [-0.1, -0.05) is 11.6 Å². The Hall–Kier alpha value is -1.18. The Morgan fingerprint density at radius 2 is 2.00 bits per heavy atom. The highest BCUT2D eigenvalue weighted by molar-refractivity contribution is 8.13. The molecule has 0 fully saturated rings. The van der Waals surface area contributed by atoms with E-state index in [1.165, 1.54) is 17.0 Å². The van der Waals surface area contributed by atoms with Crippen molar-refractivity contribution in [2.45, 2.75) is 31.3 Å². The molecule has 0 bridgehead atoms. The van der Waals surface area contributed by atoms with Crippen LogP contribution in [-0.2, 0) is 13.8 Å². The summed E-state index contributed by atoms with van der Waals surface area (Å²) in [5, 5.41) is 0.171. The SMILES string of the molecule is CC(C)(C)OC(=O)N1CCOc2c(S(=O)(=O)Cl)ccc(Cl)c21. The van der Waals surface area contributed by atoms with Crippen molar-refractivity contribution in [3.05, 3.63) is 17.2 Å². The van der Waals surface area contributed by atoms with Crippen molar-refractivity contribution in [2.24, 2.45) is 0 Å². The van der Waals surface area contributed by atoms with Gasteiger partial charge in [-0.05, 0) is 32.9 Å². The van der Waals surface area contributed by atoms with Crippen molar-refractivity contribution in [1.29, 1.82) is 0 Å². The standard InChI is InChI=1S/C13H15Cl2NO5S/c1-13(2,3)21-12(17)16-6-7-20-11-9(22(15,18)19)5-4-8(14)10(11)16/h4-5H,6-7H2,1-3H3. The van der Waals surface area contributed by atoms with Gasteiger partial charge in [0.15, 0.2) is 5.75 Å². The predicted molar refractivity (Wildman–Crippen MR) is 83.6 cm³/mol. The van der Waals surface area contributed by atoms with Crippen molar-refractivity contribution in [3.63, 3.8) is 0 Å². The number of rotatable bonds is 1. The Balaban J connectivity index is 2.53. The van der Waals surface area contributed by atoms with Crippen molar-refractivity contribution in [3.8, 4) is 5.75 Å². The summed E-state index contributed by atoms with van der Waals surface area (Å²) in [5.74, 6) is -0.0420. The zero-order chi connectivity index (χ0) is 16.7. The largest absolute Gasteiger partial charge is 0.488 e. The molecule has 2 rings (SSSR count). The van der Waals surface area contributed by atoms with Gasteiger partial charge in [0.1, 0.15) is 22.8 Å². The van der Waals surface area contributed by atoms with Gasteiger partial charge < -0.3 is 9.47 Å². The maximum atomic E-state index is 12.3. The fraction of sp³-hybridized carbons (Fsp3) is 0.462. The number of halogens is 2. The van der Waals surface area contributed by atoms with Gasteiger partial charge in [0.2, 0.25) is 0 Å². The van der Waals surface area contributed by atoms with Gasteiger partial charge in [-0.2, -0.15) is 0 Å². The van der Waals surface area contributed by atoms with Crippen LogP contribution in [0.25, 0.3) is 0 Å². The van der Waals surface area contributed by atoms with Gasteiger partial charge in [0, 0.05) is 10.7 Å². The monoisotopic (exact) mass is 367 g/mol. The molecule has 0 aliphatic carbocycles. The van der Waals surface area contributed by atoms with E-state index < -0.39 is 20.7 Å². The number of carbonyl (C=O) groups is 1. The fourth-order valence-electron chi connectivity index (χ4n) is 1.96. The molecule has 0 saturated heterocycles. The molecule has 1 aliphatic heterocycles. The first-order valence-corrected chi connectivity index (χ1v) is 9.10. The molecule has 1 aliphatic rings. The molecule has 0 atom stereocenters. The summed E-state index contributed by atoms with van der Waals surface area (Å²) in [6.45, 7) is 5.48. The Morgan fingerprint density at radius 3 is 2.55 bits per heavy atom. The molecular weight excluding hydrogens is 353 g/mol. The van der Waals surface area contributed by atoms with Crippen LogP contribution in [0.15, 0.2) is 17.0 Å². The third kappa shape index (κ3) is 3.59. The number of fused-ring (bicyclic) bond motifs is 1. The third-order valence-electron chi connectivity index (χ3n) is 2.75. The van der Waals surface area contributed by atoms with Gasteiger partial charge in [-0.15, -0.1) is 0 Å². The molecule has 0 N–H and O–H groups in total. The molecule has 1 amide bonds. The molecule has 0 spiro atoms. The van der Waals surface area contributed by atoms with Gasteiger partial charge in [0.05, 0.1) is 11.6 Å². The number of amides is 1. The number of ether oxygens (including phenoxy) is 2. The lowest BCUT2D eigenvalue weighted by Crippen LogP contribution is -2.41. The molecular formula is C13H15Cl2NO5S. The number of nitrogens with zero attached hydrogens (tertiary/aromatic N) is 1. The van der Waals surface area contributed by atoms with E-state index in [1.54, 1.807) is 20.8 Å². The molecule has 9 heteroatoms. The molecule has 1 aromatic rings. The van der Waals surface area contributed by atoms with E-state index in [0.717, 1.165) is 0 Å². The van der Waals surface area contributed by atoms with E-state index in [1.807, 2.05) is 0 Å². The number of anilines is 1. The molecule has 1 aromatic carbocycles. The first kappa shape index (κ1) is 17.2. The lowest BCUT2D eigenvalue weighted by molar-refractivity contribution is 0.0567. The van der Waals surface area contributed by atoms with E-state index in [2.05, 4.69) is 0 Å². The van der Waals surface area contributed by atoms with Crippen LogP contribution in [0, 0.1) is 0 Å². The molecule has 6 nitrogen and oxygen atoms in total. The van der Waals surface area contributed by atoms with Crippen LogP contribution >= 0.6 is 22.3 Å². The van der Waals surface area contributed by atoms with Crippen LogP contribution in [0.2, 0.25) is 5.02 Å². The van der Waals surface area contributed by atoms with Crippen molar-refractivity contribution in [1.82, 2.24) is 0 Å². The third-order valence-corrected chi connectivity index (χ3v) is 4.40. The minimum absolute atomic E-state index is 0.0420. The Bertz CT molecular complexity index is 712. The quantitative estimate of drug-likeness (QED) is 0.711. The van der Waals surface area contributed by atoms with E-state index >= 15 is 0 Å². The fourth-order valence-corrected chi connectivity index (χ4v) is 3.19. The maximum absolute atomic E-state index is 12.3. The lowest BCUT2D eigenvalue weighted by Gasteiger charge is -2.32. The number of carbonyl (C=O) groups excluding carboxylic acids is 1. The summed E-state index contributed by atoms with van der Waals surface area (Å²) in [7, 11) is 1.36. The average Bonchev–Trinajstić information content (AvgIpc) is 2.35. The van der Waals surface area contributed by atoms with Crippen LogP contribution in [0.1, 0.15) is 20.8 Å². The summed E-state index contributed by atoms with van der Waals surface area (Å²) in [6, 6.07) is 2.59. The Kier molecular flexibility index (Phi) is 4.52. The summed E-state index contributed by atoms with van der Waals surface area (Å²) in [4.78, 5) is 13.3. The Labute approximate surface area is 138 Å². The molecule has 122 valence electrons. The normalized spacial score (nSPS) is 15.0. The molecule has 0 unspecified atom stereocenters.